The molecule has 0 bridgehead atoms. The van der Waals surface area contributed by atoms with E-state index in [0.717, 1.165) is 25.7 Å². The van der Waals surface area contributed by atoms with Crippen molar-refractivity contribution in [1.82, 2.24) is 0 Å². The van der Waals surface area contributed by atoms with Crippen LogP contribution in [0.25, 0.3) is 0 Å². The molecule has 86 valence electrons. The highest BCUT2D eigenvalue weighted by atomic mass is 32.1. The van der Waals surface area contributed by atoms with Crippen LogP contribution in [0.3, 0.4) is 0 Å². The first kappa shape index (κ1) is 12.7. The van der Waals surface area contributed by atoms with Gasteiger partial charge >= 0.3 is 0 Å². The Labute approximate surface area is 97.2 Å². The summed E-state index contributed by atoms with van der Waals surface area (Å²) in [6, 6.07) is 4.40. The molecule has 1 aromatic rings. The van der Waals surface area contributed by atoms with Crippen molar-refractivity contribution in [2.24, 2.45) is 5.92 Å². The SMILES string of the molecule is CCc1ccc(CCC(O)CC(C)C)s1. The lowest BCUT2D eigenvalue weighted by atomic mass is 10.0. The number of hydrogen-bond donors (Lipinski definition) is 1. The molecule has 0 fully saturated rings. The summed E-state index contributed by atoms with van der Waals surface area (Å²) in [5, 5.41) is 9.75. The summed E-state index contributed by atoms with van der Waals surface area (Å²) >= 11 is 1.88. The molecule has 0 saturated heterocycles. The predicted molar refractivity (Wildman–Crippen MR) is 67.5 cm³/mol. The molecule has 1 atom stereocenters. The Morgan fingerprint density at radius 2 is 1.93 bits per heavy atom. The second-order valence-electron chi connectivity index (χ2n) is 4.54. The van der Waals surface area contributed by atoms with Crippen LogP contribution in [-0.4, -0.2) is 11.2 Å². The highest BCUT2D eigenvalue weighted by molar-refractivity contribution is 7.11. The van der Waals surface area contributed by atoms with Crippen molar-refractivity contribution in [1.29, 1.82) is 0 Å². The molecule has 0 aromatic carbocycles. The van der Waals surface area contributed by atoms with Gasteiger partial charge in [0.2, 0.25) is 0 Å². The molecule has 1 nitrogen and oxygen atoms in total. The molecular formula is C13H22OS. The zero-order chi connectivity index (χ0) is 11.3. The normalized spacial score (nSPS) is 13.4. The van der Waals surface area contributed by atoms with E-state index in [9.17, 15) is 5.11 Å². The van der Waals surface area contributed by atoms with Gasteiger partial charge in [0.25, 0.3) is 0 Å². The van der Waals surface area contributed by atoms with Crippen molar-refractivity contribution >= 4 is 11.3 Å². The number of rotatable bonds is 6. The number of aliphatic hydroxyl groups excluding tert-OH is 1. The highest BCUT2D eigenvalue weighted by Gasteiger charge is 2.07. The third kappa shape index (κ3) is 4.80. The predicted octanol–water partition coefficient (Wildman–Crippen LogP) is 3.65. The van der Waals surface area contributed by atoms with E-state index in [4.69, 9.17) is 0 Å². The van der Waals surface area contributed by atoms with Gasteiger partial charge in [0, 0.05) is 9.75 Å². The van der Waals surface area contributed by atoms with E-state index in [1.165, 1.54) is 9.75 Å². The summed E-state index contributed by atoms with van der Waals surface area (Å²) in [7, 11) is 0. The van der Waals surface area contributed by atoms with E-state index in [1.54, 1.807) is 0 Å². The monoisotopic (exact) mass is 226 g/mol. The Morgan fingerprint density at radius 1 is 1.27 bits per heavy atom. The first-order chi connectivity index (χ1) is 7.11. The smallest absolute Gasteiger partial charge is 0.0546 e. The van der Waals surface area contributed by atoms with Crippen LogP contribution in [0.15, 0.2) is 12.1 Å². The lowest BCUT2D eigenvalue weighted by Crippen LogP contribution is -2.10. The van der Waals surface area contributed by atoms with E-state index in [1.807, 2.05) is 11.3 Å². The van der Waals surface area contributed by atoms with Gasteiger partial charge in [-0.05, 0) is 43.7 Å². The average Bonchev–Trinajstić information content (AvgIpc) is 2.61. The summed E-state index contributed by atoms with van der Waals surface area (Å²) < 4.78 is 0. The topological polar surface area (TPSA) is 20.2 Å². The summed E-state index contributed by atoms with van der Waals surface area (Å²) in [4.78, 5) is 2.86. The quantitative estimate of drug-likeness (QED) is 0.785. The summed E-state index contributed by atoms with van der Waals surface area (Å²) in [6.45, 7) is 6.50. The maximum absolute atomic E-state index is 9.75. The molecule has 1 N–H and O–H groups in total. The molecule has 0 radical (unpaired) electrons. The van der Waals surface area contributed by atoms with Crippen molar-refractivity contribution in [3.63, 3.8) is 0 Å². The second kappa shape index (κ2) is 6.29. The Bertz CT molecular complexity index is 278. The number of thiophene rings is 1. The number of aliphatic hydroxyl groups is 1. The zero-order valence-electron chi connectivity index (χ0n) is 9.99. The fourth-order valence-electron chi connectivity index (χ4n) is 1.72. The molecule has 1 heterocycles. The molecule has 0 amide bonds. The van der Waals surface area contributed by atoms with E-state index < -0.39 is 0 Å². The second-order valence-corrected chi connectivity index (χ2v) is 5.80. The minimum Gasteiger partial charge on any atom is -0.393 e. The van der Waals surface area contributed by atoms with E-state index >= 15 is 0 Å². The lowest BCUT2D eigenvalue weighted by molar-refractivity contribution is 0.140. The van der Waals surface area contributed by atoms with Crippen LogP contribution in [0.1, 0.15) is 43.4 Å². The number of hydrogen-bond acceptors (Lipinski definition) is 2. The third-order valence-electron chi connectivity index (χ3n) is 2.53. The van der Waals surface area contributed by atoms with Crippen LogP contribution in [0.5, 0.6) is 0 Å². The Balaban J connectivity index is 2.30. The van der Waals surface area contributed by atoms with Gasteiger partial charge in [0.1, 0.15) is 0 Å². The molecule has 1 aromatic heterocycles. The maximum Gasteiger partial charge on any atom is 0.0546 e. The Morgan fingerprint density at radius 3 is 2.47 bits per heavy atom. The molecule has 1 rings (SSSR count). The molecule has 1 unspecified atom stereocenters. The fourth-order valence-corrected chi connectivity index (χ4v) is 2.69. The summed E-state index contributed by atoms with van der Waals surface area (Å²) in [5.74, 6) is 0.592. The van der Waals surface area contributed by atoms with Crippen LogP contribution in [0, 0.1) is 5.92 Å². The van der Waals surface area contributed by atoms with E-state index in [-0.39, 0.29) is 6.10 Å². The molecule has 2 heteroatoms. The van der Waals surface area contributed by atoms with Crippen LogP contribution in [0.4, 0.5) is 0 Å². The van der Waals surface area contributed by atoms with Gasteiger partial charge in [-0.15, -0.1) is 11.3 Å². The van der Waals surface area contributed by atoms with E-state index in [2.05, 4.69) is 32.9 Å². The van der Waals surface area contributed by atoms with Crippen molar-refractivity contribution in [2.45, 2.75) is 52.6 Å². The highest BCUT2D eigenvalue weighted by Crippen LogP contribution is 2.20. The van der Waals surface area contributed by atoms with Gasteiger partial charge in [0.05, 0.1) is 6.10 Å². The molecule has 0 aliphatic carbocycles. The largest absolute Gasteiger partial charge is 0.393 e. The molecule has 15 heavy (non-hydrogen) atoms. The third-order valence-corrected chi connectivity index (χ3v) is 3.82. The standard InChI is InChI=1S/C13H22OS/c1-4-12-7-8-13(15-12)6-5-11(14)9-10(2)3/h7-8,10-11,14H,4-6,9H2,1-3H3. The first-order valence-corrected chi connectivity index (χ1v) is 6.69. The van der Waals surface area contributed by atoms with Gasteiger partial charge in [0.15, 0.2) is 0 Å². The Hall–Kier alpha value is -0.340. The molecule has 0 saturated carbocycles. The van der Waals surface area contributed by atoms with Gasteiger partial charge in [-0.1, -0.05) is 20.8 Å². The number of aryl methyl sites for hydroxylation is 2. The lowest BCUT2D eigenvalue weighted by Gasteiger charge is -2.11. The van der Waals surface area contributed by atoms with Crippen LogP contribution >= 0.6 is 11.3 Å². The van der Waals surface area contributed by atoms with Crippen molar-refractivity contribution in [3.05, 3.63) is 21.9 Å². The molecule has 0 spiro atoms. The minimum atomic E-state index is -0.128. The molecule has 0 aliphatic heterocycles. The molecule has 0 aliphatic rings. The maximum atomic E-state index is 9.75. The zero-order valence-corrected chi connectivity index (χ0v) is 10.8. The van der Waals surface area contributed by atoms with Gasteiger partial charge in [-0.3, -0.25) is 0 Å². The first-order valence-electron chi connectivity index (χ1n) is 5.87. The molecular weight excluding hydrogens is 204 g/mol. The van der Waals surface area contributed by atoms with Crippen LogP contribution in [0.2, 0.25) is 0 Å². The van der Waals surface area contributed by atoms with Gasteiger partial charge < -0.3 is 5.11 Å². The average molecular weight is 226 g/mol. The Kier molecular flexibility index (Phi) is 5.34. The fraction of sp³-hybridized carbons (Fsp3) is 0.692. The van der Waals surface area contributed by atoms with Crippen LogP contribution in [-0.2, 0) is 12.8 Å². The van der Waals surface area contributed by atoms with Crippen molar-refractivity contribution in [2.75, 3.05) is 0 Å². The summed E-state index contributed by atoms with van der Waals surface area (Å²) in [5.41, 5.74) is 0. The van der Waals surface area contributed by atoms with E-state index in [0.29, 0.717) is 5.92 Å². The summed E-state index contributed by atoms with van der Waals surface area (Å²) in [6.07, 6.45) is 3.85. The van der Waals surface area contributed by atoms with Crippen molar-refractivity contribution < 1.29 is 5.11 Å². The van der Waals surface area contributed by atoms with Gasteiger partial charge in [-0.25, -0.2) is 0 Å². The van der Waals surface area contributed by atoms with Gasteiger partial charge in [-0.2, -0.15) is 0 Å². The minimum absolute atomic E-state index is 0.128. The van der Waals surface area contributed by atoms with Crippen molar-refractivity contribution in [3.8, 4) is 0 Å². The van der Waals surface area contributed by atoms with Crippen LogP contribution < -0.4 is 0 Å².